The van der Waals surface area contributed by atoms with Crippen molar-refractivity contribution in [2.45, 2.75) is 45.6 Å². The summed E-state index contributed by atoms with van der Waals surface area (Å²) >= 11 is 0. The second kappa shape index (κ2) is 8.54. The Kier molecular flexibility index (Phi) is 6.17. The average Bonchev–Trinajstić information content (AvgIpc) is 2.76. The van der Waals surface area contributed by atoms with Crippen LogP contribution in [0.4, 0.5) is 0 Å². The minimum Gasteiger partial charge on any atom is -0.468 e. The van der Waals surface area contributed by atoms with Gasteiger partial charge in [-0.2, -0.15) is 0 Å². The highest BCUT2D eigenvalue weighted by Crippen LogP contribution is 2.32. The Morgan fingerprint density at radius 3 is 1.94 bits per heavy atom. The Morgan fingerprint density at radius 2 is 1.38 bits per heavy atom. The molecular formula is C26H27NO5. The first-order valence-electron chi connectivity index (χ1n) is 10.3. The van der Waals surface area contributed by atoms with Crippen molar-refractivity contribution in [1.82, 2.24) is 4.98 Å². The van der Waals surface area contributed by atoms with Gasteiger partial charge in [0, 0.05) is 17.1 Å². The third-order valence-corrected chi connectivity index (χ3v) is 5.16. The lowest BCUT2D eigenvalue weighted by molar-refractivity contribution is -0.146. The van der Waals surface area contributed by atoms with Gasteiger partial charge >= 0.3 is 11.9 Å². The van der Waals surface area contributed by atoms with Crippen LogP contribution >= 0.6 is 0 Å². The lowest BCUT2D eigenvalue weighted by atomic mass is 9.82. The maximum atomic E-state index is 13.3. The Morgan fingerprint density at radius 1 is 0.812 bits per heavy atom. The molecule has 6 heteroatoms. The van der Waals surface area contributed by atoms with Crippen LogP contribution in [0.15, 0.2) is 54.7 Å². The first-order valence-corrected chi connectivity index (χ1v) is 10.3. The number of methoxy groups -OCH3 is 1. The van der Waals surface area contributed by atoms with Crippen molar-refractivity contribution >= 4 is 28.5 Å². The summed E-state index contributed by atoms with van der Waals surface area (Å²) in [6.45, 7) is 8.92. The minimum atomic E-state index is -0.933. The number of hydrogen-bond donors (Lipinski definition) is 0. The number of rotatable bonds is 5. The van der Waals surface area contributed by atoms with Crippen molar-refractivity contribution in [2.24, 2.45) is 0 Å². The van der Waals surface area contributed by atoms with E-state index in [4.69, 9.17) is 9.47 Å². The number of pyridine rings is 1. The maximum absolute atomic E-state index is 13.3. The van der Waals surface area contributed by atoms with E-state index in [1.165, 1.54) is 7.11 Å². The van der Waals surface area contributed by atoms with Gasteiger partial charge in [-0.25, -0.2) is 4.79 Å². The number of esters is 2. The van der Waals surface area contributed by atoms with E-state index in [9.17, 15) is 14.4 Å². The van der Waals surface area contributed by atoms with Gasteiger partial charge in [0.1, 0.15) is 11.3 Å². The summed E-state index contributed by atoms with van der Waals surface area (Å²) in [5.41, 5.74) is 0.178. The van der Waals surface area contributed by atoms with Crippen LogP contribution in [0.25, 0.3) is 10.8 Å². The molecular weight excluding hydrogens is 406 g/mol. The van der Waals surface area contributed by atoms with Gasteiger partial charge < -0.3 is 9.47 Å². The maximum Gasteiger partial charge on any atom is 0.338 e. The molecule has 0 atom stereocenters. The normalized spacial score (nSPS) is 11.8. The summed E-state index contributed by atoms with van der Waals surface area (Å²) in [5.74, 6) is -1.12. The molecule has 0 amide bonds. The summed E-state index contributed by atoms with van der Waals surface area (Å²) < 4.78 is 10.3. The predicted octanol–water partition coefficient (Wildman–Crippen LogP) is 4.87. The third-order valence-electron chi connectivity index (χ3n) is 5.16. The van der Waals surface area contributed by atoms with Crippen LogP contribution in [0.2, 0.25) is 0 Å². The first-order chi connectivity index (χ1) is 15.0. The highest BCUT2D eigenvalue weighted by Gasteiger charge is 2.33. The molecule has 32 heavy (non-hydrogen) atoms. The fourth-order valence-corrected chi connectivity index (χ4v) is 3.47. The monoisotopic (exact) mass is 433 g/mol. The van der Waals surface area contributed by atoms with Crippen LogP contribution in [0, 0.1) is 0 Å². The molecule has 1 heterocycles. The number of fused-ring (bicyclic) bond motifs is 1. The van der Waals surface area contributed by atoms with Crippen molar-refractivity contribution in [3.05, 3.63) is 77.1 Å². The number of carbonyl (C=O) groups excluding carboxylic acids is 3. The quantitative estimate of drug-likeness (QED) is 0.422. The Hall–Kier alpha value is -3.54. The van der Waals surface area contributed by atoms with E-state index in [-0.39, 0.29) is 17.4 Å². The zero-order valence-electron chi connectivity index (χ0n) is 19.2. The van der Waals surface area contributed by atoms with Crippen LogP contribution < -0.4 is 0 Å². The standard InChI is InChI=1S/C26H27NO5/c1-25(2,3)32-23(29)17-13-11-16(12-14-17)22(28)21-19-10-8-7-9-18(19)20(15-27-21)26(4,5)24(30)31-6/h7-15H,1-6H3. The van der Waals surface area contributed by atoms with E-state index in [1.54, 1.807) is 65.1 Å². The number of hydrogen-bond acceptors (Lipinski definition) is 6. The molecule has 1 aromatic heterocycles. The summed E-state index contributed by atoms with van der Waals surface area (Å²) in [4.78, 5) is 42.3. The van der Waals surface area contributed by atoms with E-state index in [0.29, 0.717) is 22.1 Å². The lowest BCUT2D eigenvalue weighted by Crippen LogP contribution is -2.30. The molecule has 0 aliphatic heterocycles. The molecule has 0 aliphatic rings. The fraction of sp³-hybridized carbons (Fsp3) is 0.308. The van der Waals surface area contributed by atoms with Crippen LogP contribution in [0.5, 0.6) is 0 Å². The van der Waals surface area contributed by atoms with E-state index in [1.807, 2.05) is 24.3 Å². The predicted molar refractivity (Wildman–Crippen MR) is 122 cm³/mol. The second-order valence-electron chi connectivity index (χ2n) is 9.09. The summed E-state index contributed by atoms with van der Waals surface area (Å²) in [6, 6.07) is 13.6. The van der Waals surface area contributed by atoms with E-state index < -0.39 is 17.0 Å². The molecule has 0 unspecified atom stereocenters. The van der Waals surface area contributed by atoms with Crippen molar-refractivity contribution in [1.29, 1.82) is 0 Å². The highest BCUT2D eigenvalue weighted by molar-refractivity contribution is 6.15. The van der Waals surface area contributed by atoms with Crippen molar-refractivity contribution in [3.63, 3.8) is 0 Å². The summed E-state index contributed by atoms with van der Waals surface area (Å²) in [6.07, 6.45) is 1.56. The third kappa shape index (κ3) is 4.54. The van der Waals surface area contributed by atoms with E-state index >= 15 is 0 Å². The minimum absolute atomic E-state index is 0.273. The van der Waals surface area contributed by atoms with E-state index in [0.717, 1.165) is 5.39 Å². The molecule has 0 saturated heterocycles. The summed E-state index contributed by atoms with van der Waals surface area (Å²) in [7, 11) is 1.35. The molecule has 3 aromatic rings. The molecule has 2 aromatic carbocycles. The zero-order valence-corrected chi connectivity index (χ0v) is 19.2. The number of ether oxygens (including phenoxy) is 2. The van der Waals surface area contributed by atoms with Crippen LogP contribution in [0.3, 0.4) is 0 Å². The van der Waals surface area contributed by atoms with Gasteiger partial charge in [-0.15, -0.1) is 0 Å². The van der Waals surface area contributed by atoms with Crippen LogP contribution in [-0.4, -0.2) is 35.4 Å². The van der Waals surface area contributed by atoms with Crippen molar-refractivity contribution < 1.29 is 23.9 Å². The van der Waals surface area contributed by atoms with Gasteiger partial charge in [0.15, 0.2) is 0 Å². The number of carbonyl (C=O) groups is 3. The molecule has 3 rings (SSSR count). The smallest absolute Gasteiger partial charge is 0.338 e. The molecule has 6 nitrogen and oxygen atoms in total. The van der Waals surface area contributed by atoms with E-state index in [2.05, 4.69) is 4.98 Å². The Labute approximate surface area is 187 Å². The number of aromatic nitrogens is 1. The SMILES string of the molecule is COC(=O)C(C)(C)c1cnc(C(=O)c2ccc(C(=O)OC(C)(C)C)cc2)c2ccccc12. The van der Waals surface area contributed by atoms with Gasteiger partial charge in [-0.05, 0) is 57.7 Å². The number of nitrogens with zero attached hydrogens (tertiary/aromatic N) is 1. The first kappa shape index (κ1) is 23.1. The molecule has 0 radical (unpaired) electrons. The summed E-state index contributed by atoms with van der Waals surface area (Å²) in [5, 5.41) is 1.40. The number of benzene rings is 2. The molecule has 0 N–H and O–H groups in total. The second-order valence-corrected chi connectivity index (χ2v) is 9.09. The highest BCUT2D eigenvalue weighted by atomic mass is 16.6. The Balaban J connectivity index is 2.00. The van der Waals surface area contributed by atoms with Gasteiger partial charge in [-0.1, -0.05) is 36.4 Å². The van der Waals surface area contributed by atoms with Crippen molar-refractivity contribution in [3.8, 4) is 0 Å². The Bertz CT molecular complexity index is 1190. The van der Waals surface area contributed by atoms with Crippen LogP contribution in [-0.2, 0) is 19.7 Å². The van der Waals surface area contributed by atoms with Gasteiger partial charge in [0.05, 0.1) is 18.1 Å². The van der Waals surface area contributed by atoms with Crippen LogP contribution in [0.1, 0.15) is 66.6 Å². The fourth-order valence-electron chi connectivity index (χ4n) is 3.47. The number of ketones is 1. The van der Waals surface area contributed by atoms with Gasteiger partial charge in [0.25, 0.3) is 0 Å². The average molecular weight is 434 g/mol. The van der Waals surface area contributed by atoms with Crippen molar-refractivity contribution in [2.75, 3.05) is 7.11 Å². The molecule has 0 fully saturated rings. The largest absolute Gasteiger partial charge is 0.468 e. The molecule has 0 bridgehead atoms. The molecule has 0 aliphatic carbocycles. The van der Waals surface area contributed by atoms with Gasteiger partial charge in [0.2, 0.25) is 5.78 Å². The topological polar surface area (TPSA) is 82.6 Å². The zero-order chi connectivity index (χ0) is 23.7. The molecule has 0 saturated carbocycles. The van der Waals surface area contributed by atoms with Gasteiger partial charge in [-0.3, -0.25) is 14.6 Å². The molecule has 0 spiro atoms. The molecule has 166 valence electrons. The lowest BCUT2D eigenvalue weighted by Gasteiger charge is -2.24.